The normalized spacial score (nSPS) is 10.9. The lowest BCUT2D eigenvalue weighted by Crippen LogP contribution is -2.02. The second-order valence-corrected chi connectivity index (χ2v) is 5.60. The van der Waals surface area contributed by atoms with Crippen molar-refractivity contribution in [1.29, 1.82) is 0 Å². The highest BCUT2D eigenvalue weighted by Crippen LogP contribution is 2.31. The van der Waals surface area contributed by atoms with Crippen molar-refractivity contribution in [3.8, 4) is 22.5 Å². The number of pyridine rings is 1. The molecule has 2 aromatic heterocycles. The van der Waals surface area contributed by atoms with E-state index in [4.69, 9.17) is 5.73 Å². The molecule has 0 aliphatic heterocycles. The van der Waals surface area contributed by atoms with Crippen LogP contribution in [0.5, 0.6) is 0 Å². The number of anilines is 1. The van der Waals surface area contributed by atoms with E-state index in [0.29, 0.717) is 5.69 Å². The summed E-state index contributed by atoms with van der Waals surface area (Å²) < 4.78 is 0. The molecule has 5 nitrogen and oxygen atoms in total. The third kappa shape index (κ3) is 2.46. The van der Waals surface area contributed by atoms with Crippen molar-refractivity contribution >= 4 is 16.9 Å². The molecule has 0 aliphatic rings. The average molecular weight is 313 g/mol. The Morgan fingerprint density at radius 2 is 1.67 bits per heavy atom. The number of rotatable bonds is 2. The summed E-state index contributed by atoms with van der Waals surface area (Å²) in [5.74, 6) is 0.164. The van der Waals surface area contributed by atoms with E-state index < -0.39 is 0 Å². The molecule has 0 amide bonds. The Balaban J connectivity index is 1.97. The van der Waals surface area contributed by atoms with Crippen LogP contribution in [0.15, 0.2) is 60.8 Å². The second-order valence-electron chi connectivity index (χ2n) is 5.60. The monoisotopic (exact) mass is 313 g/mol. The fourth-order valence-electron chi connectivity index (χ4n) is 2.84. The van der Waals surface area contributed by atoms with Crippen molar-refractivity contribution in [3.05, 3.63) is 66.4 Å². The number of nitrogens with zero attached hydrogens (tertiary/aromatic N) is 4. The van der Waals surface area contributed by atoms with E-state index in [0.717, 1.165) is 33.3 Å². The number of fused-ring (bicyclic) bond motifs is 1. The van der Waals surface area contributed by atoms with Crippen LogP contribution in [0, 0.1) is 6.92 Å². The number of aromatic nitrogens is 4. The lowest BCUT2D eigenvalue weighted by molar-refractivity contribution is 0.997. The predicted molar refractivity (Wildman–Crippen MR) is 95.1 cm³/mol. The number of nitrogens with two attached hydrogens (primary N) is 1. The van der Waals surface area contributed by atoms with E-state index in [9.17, 15) is 0 Å². The van der Waals surface area contributed by atoms with Gasteiger partial charge in [-0.1, -0.05) is 36.4 Å². The molecule has 0 aliphatic carbocycles. The van der Waals surface area contributed by atoms with Gasteiger partial charge in [-0.3, -0.25) is 4.98 Å². The lowest BCUT2D eigenvalue weighted by Gasteiger charge is -2.10. The number of aryl methyl sites for hydroxylation is 1. The van der Waals surface area contributed by atoms with Crippen molar-refractivity contribution in [2.75, 3.05) is 5.73 Å². The van der Waals surface area contributed by atoms with Crippen LogP contribution in [0.4, 0.5) is 5.95 Å². The van der Waals surface area contributed by atoms with E-state index in [1.807, 2.05) is 49.4 Å². The summed E-state index contributed by atoms with van der Waals surface area (Å²) in [5.41, 5.74) is 11.2. The molecular formula is C19H15N5. The quantitative estimate of drug-likeness (QED) is 0.611. The maximum atomic E-state index is 5.77. The summed E-state index contributed by atoms with van der Waals surface area (Å²) in [4.78, 5) is 8.86. The van der Waals surface area contributed by atoms with Gasteiger partial charge in [-0.25, -0.2) is 4.98 Å². The molecule has 116 valence electrons. The Morgan fingerprint density at radius 1 is 0.833 bits per heavy atom. The number of nitrogen functional groups attached to an aromatic ring is 1. The van der Waals surface area contributed by atoms with Crippen LogP contribution in [0.3, 0.4) is 0 Å². The maximum absolute atomic E-state index is 5.77. The van der Waals surface area contributed by atoms with Gasteiger partial charge in [0.25, 0.3) is 0 Å². The molecule has 5 heteroatoms. The molecule has 0 radical (unpaired) electrons. The minimum Gasteiger partial charge on any atom is -0.366 e. The second kappa shape index (κ2) is 5.70. The van der Waals surface area contributed by atoms with Crippen LogP contribution in [0.25, 0.3) is 33.4 Å². The van der Waals surface area contributed by atoms with Gasteiger partial charge in [-0.15, -0.1) is 10.2 Å². The lowest BCUT2D eigenvalue weighted by atomic mass is 10.0. The number of hydrogen-bond donors (Lipinski definition) is 1. The summed E-state index contributed by atoms with van der Waals surface area (Å²) in [6.07, 6.45) is 1.80. The van der Waals surface area contributed by atoms with Crippen LogP contribution < -0.4 is 5.73 Å². The Bertz CT molecular complexity index is 1030. The van der Waals surface area contributed by atoms with Crippen molar-refractivity contribution < 1.29 is 0 Å². The molecule has 2 aromatic carbocycles. The third-order valence-corrected chi connectivity index (χ3v) is 3.92. The summed E-state index contributed by atoms with van der Waals surface area (Å²) in [6, 6.07) is 18.0. The van der Waals surface area contributed by atoms with E-state index in [-0.39, 0.29) is 5.95 Å². The summed E-state index contributed by atoms with van der Waals surface area (Å²) >= 11 is 0. The molecule has 4 rings (SSSR count). The van der Waals surface area contributed by atoms with Gasteiger partial charge >= 0.3 is 0 Å². The Morgan fingerprint density at radius 3 is 2.50 bits per heavy atom. The zero-order valence-corrected chi connectivity index (χ0v) is 13.1. The number of hydrogen-bond acceptors (Lipinski definition) is 5. The minimum absolute atomic E-state index is 0.164. The highest BCUT2D eigenvalue weighted by atomic mass is 15.2. The molecule has 0 spiro atoms. The smallest absolute Gasteiger partial charge is 0.240 e. The Kier molecular flexibility index (Phi) is 3.39. The van der Waals surface area contributed by atoms with Gasteiger partial charge in [0, 0.05) is 22.7 Å². The van der Waals surface area contributed by atoms with E-state index in [2.05, 4.69) is 32.3 Å². The highest BCUT2D eigenvalue weighted by molar-refractivity contribution is 5.89. The van der Waals surface area contributed by atoms with Crippen molar-refractivity contribution in [3.63, 3.8) is 0 Å². The van der Waals surface area contributed by atoms with E-state index in [1.54, 1.807) is 6.20 Å². The zero-order valence-electron chi connectivity index (χ0n) is 13.1. The molecule has 2 N–H and O–H groups in total. The zero-order chi connectivity index (χ0) is 16.5. The molecule has 0 bridgehead atoms. The van der Waals surface area contributed by atoms with Gasteiger partial charge < -0.3 is 5.73 Å². The third-order valence-electron chi connectivity index (χ3n) is 3.92. The molecule has 0 unspecified atom stereocenters. The van der Waals surface area contributed by atoms with Crippen LogP contribution in [0.2, 0.25) is 0 Å². The first kappa shape index (κ1) is 14.3. The molecule has 24 heavy (non-hydrogen) atoms. The summed E-state index contributed by atoms with van der Waals surface area (Å²) in [7, 11) is 0. The van der Waals surface area contributed by atoms with Crippen LogP contribution in [-0.2, 0) is 0 Å². The fourth-order valence-corrected chi connectivity index (χ4v) is 2.84. The average Bonchev–Trinajstić information content (AvgIpc) is 2.62. The first-order chi connectivity index (χ1) is 11.7. The SMILES string of the molecule is Cc1cc(-c2nnc(N)nc2-c2ccccc2)cc2cccnc12. The molecule has 0 fully saturated rings. The molecule has 0 saturated carbocycles. The van der Waals surface area contributed by atoms with Gasteiger partial charge in [0.1, 0.15) is 11.4 Å². The Labute approximate surface area is 139 Å². The first-order valence-electron chi connectivity index (χ1n) is 7.64. The largest absolute Gasteiger partial charge is 0.366 e. The molecule has 4 aromatic rings. The molecule has 2 heterocycles. The van der Waals surface area contributed by atoms with Gasteiger partial charge in [-0.2, -0.15) is 0 Å². The van der Waals surface area contributed by atoms with Crippen molar-refractivity contribution in [2.24, 2.45) is 0 Å². The first-order valence-corrected chi connectivity index (χ1v) is 7.64. The standard InChI is InChI=1S/C19H15N5/c1-12-10-15(11-14-8-5-9-21-16(12)14)18-17(22-19(20)24-23-18)13-6-3-2-4-7-13/h2-11H,1H3,(H2,20,22,24). The fraction of sp³-hybridized carbons (Fsp3) is 0.0526. The van der Waals surface area contributed by atoms with Gasteiger partial charge in [-0.05, 0) is 30.7 Å². The van der Waals surface area contributed by atoms with Crippen LogP contribution in [-0.4, -0.2) is 20.2 Å². The van der Waals surface area contributed by atoms with Gasteiger partial charge in [0.05, 0.1) is 5.52 Å². The topological polar surface area (TPSA) is 77.6 Å². The highest BCUT2D eigenvalue weighted by Gasteiger charge is 2.14. The number of benzene rings is 2. The molecular weight excluding hydrogens is 298 g/mol. The van der Waals surface area contributed by atoms with Crippen molar-refractivity contribution in [1.82, 2.24) is 20.2 Å². The van der Waals surface area contributed by atoms with Crippen LogP contribution in [0.1, 0.15) is 5.56 Å². The van der Waals surface area contributed by atoms with Crippen LogP contribution >= 0.6 is 0 Å². The molecule has 0 atom stereocenters. The minimum atomic E-state index is 0.164. The summed E-state index contributed by atoms with van der Waals surface area (Å²) in [6.45, 7) is 2.04. The van der Waals surface area contributed by atoms with E-state index >= 15 is 0 Å². The summed E-state index contributed by atoms with van der Waals surface area (Å²) in [5, 5.41) is 9.33. The van der Waals surface area contributed by atoms with Gasteiger partial charge in [0.2, 0.25) is 5.95 Å². The van der Waals surface area contributed by atoms with E-state index in [1.165, 1.54) is 0 Å². The molecule has 0 saturated heterocycles. The maximum Gasteiger partial charge on any atom is 0.240 e. The Hall–Kier alpha value is -3.34. The van der Waals surface area contributed by atoms with Gasteiger partial charge in [0.15, 0.2) is 0 Å². The van der Waals surface area contributed by atoms with Crippen molar-refractivity contribution in [2.45, 2.75) is 6.92 Å². The predicted octanol–water partition coefficient (Wildman–Crippen LogP) is 3.64.